The van der Waals surface area contributed by atoms with Gasteiger partial charge in [0.1, 0.15) is 0 Å². The average molecular weight is 250 g/mol. The van der Waals surface area contributed by atoms with Crippen LogP contribution in [0.25, 0.3) is 0 Å². The molecule has 7 heteroatoms. The maximum absolute atomic E-state index is 9.29. The van der Waals surface area contributed by atoms with E-state index in [1.165, 1.54) is 0 Å². The first-order valence-corrected chi connectivity index (χ1v) is 6.36. The van der Waals surface area contributed by atoms with E-state index < -0.39 is 0 Å². The molecule has 1 aliphatic carbocycles. The monoisotopic (exact) mass is 250 g/mol. The molecule has 1 aliphatic heterocycles. The fourth-order valence-corrected chi connectivity index (χ4v) is 2.21. The highest BCUT2D eigenvalue weighted by atomic mass is 16.3. The van der Waals surface area contributed by atoms with Crippen molar-refractivity contribution in [3.05, 3.63) is 0 Å². The van der Waals surface area contributed by atoms with Gasteiger partial charge < -0.3 is 21.1 Å². The summed E-state index contributed by atoms with van der Waals surface area (Å²) in [6.07, 6.45) is 4.20. The minimum atomic E-state index is -0.240. The fraction of sp³-hybridized carbons (Fsp3) is 0.727. The number of nitrogens with two attached hydrogens (primary N) is 1. The maximum atomic E-state index is 9.29. The first kappa shape index (κ1) is 11.5. The highest BCUT2D eigenvalue weighted by molar-refractivity contribution is 5.44. The number of rotatable bonds is 4. The molecule has 0 bridgehead atoms. The molecule has 98 valence electrons. The Morgan fingerprint density at radius 1 is 1.22 bits per heavy atom. The largest absolute Gasteiger partial charge is 0.394 e. The minimum absolute atomic E-state index is 0.0949. The van der Waals surface area contributed by atoms with Crippen molar-refractivity contribution in [3.8, 4) is 0 Å². The van der Waals surface area contributed by atoms with E-state index >= 15 is 0 Å². The molecule has 0 amide bonds. The van der Waals surface area contributed by atoms with Crippen LogP contribution >= 0.6 is 0 Å². The number of nitrogens with one attached hydrogen (secondary N) is 1. The van der Waals surface area contributed by atoms with E-state index in [1.807, 2.05) is 0 Å². The second kappa shape index (κ2) is 4.24. The topological polar surface area (TPSA) is 100 Å². The number of hydrogen-bond donors (Lipinski definition) is 3. The van der Waals surface area contributed by atoms with Gasteiger partial charge in [-0.1, -0.05) is 0 Å². The SMILES string of the molecule is Nc1nc(NC2(CO)CC2)nc(N2CCCC2)n1. The molecule has 2 aliphatic rings. The molecule has 2 fully saturated rings. The molecule has 18 heavy (non-hydrogen) atoms. The van der Waals surface area contributed by atoms with Gasteiger partial charge in [0.25, 0.3) is 0 Å². The molecular weight excluding hydrogens is 232 g/mol. The Labute approximate surface area is 105 Å². The Balaban J connectivity index is 1.81. The van der Waals surface area contributed by atoms with Crippen LogP contribution in [0.3, 0.4) is 0 Å². The second-order valence-electron chi connectivity index (χ2n) is 5.07. The van der Waals surface area contributed by atoms with Gasteiger partial charge in [0.2, 0.25) is 17.8 Å². The third-order valence-electron chi connectivity index (χ3n) is 3.56. The lowest BCUT2D eigenvalue weighted by Crippen LogP contribution is -2.28. The van der Waals surface area contributed by atoms with Crippen molar-refractivity contribution in [2.45, 2.75) is 31.2 Å². The van der Waals surface area contributed by atoms with Gasteiger partial charge in [0.15, 0.2) is 0 Å². The average Bonchev–Trinajstić information content (AvgIpc) is 2.92. The van der Waals surface area contributed by atoms with Crippen LogP contribution in [0.1, 0.15) is 25.7 Å². The van der Waals surface area contributed by atoms with Gasteiger partial charge in [-0.25, -0.2) is 0 Å². The van der Waals surface area contributed by atoms with Crippen LogP contribution in [-0.2, 0) is 0 Å². The predicted octanol–water partition coefficient (Wildman–Crippen LogP) is -0.00920. The summed E-state index contributed by atoms with van der Waals surface area (Å²) < 4.78 is 0. The summed E-state index contributed by atoms with van der Waals surface area (Å²) in [5, 5.41) is 12.5. The summed E-state index contributed by atoms with van der Waals surface area (Å²) >= 11 is 0. The maximum Gasteiger partial charge on any atom is 0.231 e. The third-order valence-corrected chi connectivity index (χ3v) is 3.56. The van der Waals surface area contributed by atoms with Crippen LogP contribution in [0.15, 0.2) is 0 Å². The molecule has 1 saturated heterocycles. The van der Waals surface area contributed by atoms with E-state index in [1.54, 1.807) is 0 Å². The molecule has 1 saturated carbocycles. The number of nitrogen functional groups attached to an aromatic ring is 1. The van der Waals surface area contributed by atoms with Gasteiger partial charge in [0, 0.05) is 13.1 Å². The van der Waals surface area contributed by atoms with Crippen molar-refractivity contribution in [2.75, 3.05) is 35.6 Å². The van der Waals surface area contributed by atoms with Gasteiger partial charge in [0.05, 0.1) is 12.1 Å². The van der Waals surface area contributed by atoms with E-state index in [2.05, 4.69) is 25.2 Å². The van der Waals surface area contributed by atoms with E-state index in [-0.39, 0.29) is 18.1 Å². The molecule has 1 aromatic rings. The van der Waals surface area contributed by atoms with Crippen LogP contribution in [0.4, 0.5) is 17.8 Å². The van der Waals surface area contributed by atoms with Gasteiger partial charge in [-0.2, -0.15) is 15.0 Å². The van der Waals surface area contributed by atoms with Gasteiger partial charge in [-0.3, -0.25) is 0 Å². The number of anilines is 3. The third kappa shape index (κ3) is 2.17. The van der Waals surface area contributed by atoms with Crippen LogP contribution in [0.5, 0.6) is 0 Å². The minimum Gasteiger partial charge on any atom is -0.394 e. The highest BCUT2D eigenvalue weighted by Gasteiger charge is 2.42. The molecule has 2 heterocycles. The molecule has 0 aromatic carbocycles. The van der Waals surface area contributed by atoms with Gasteiger partial charge in [-0.15, -0.1) is 0 Å². The Bertz CT molecular complexity index is 441. The molecule has 3 rings (SSSR count). The van der Waals surface area contributed by atoms with E-state index in [9.17, 15) is 5.11 Å². The Morgan fingerprint density at radius 3 is 2.56 bits per heavy atom. The Morgan fingerprint density at radius 2 is 1.94 bits per heavy atom. The molecule has 0 radical (unpaired) electrons. The fourth-order valence-electron chi connectivity index (χ4n) is 2.21. The summed E-state index contributed by atoms with van der Waals surface area (Å²) in [4.78, 5) is 14.8. The number of nitrogens with zero attached hydrogens (tertiary/aromatic N) is 4. The molecule has 7 nitrogen and oxygen atoms in total. The van der Waals surface area contributed by atoms with Gasteiger partial charge in [-0.05, 0) is 25.7 Å². The molecule has 1 aromatic heterocycles. The standard InChI is InChI=1S/C11H18N6O/c12-8-13-9(16-11(7-18)3-4-11)15-10(14-8)17-5-1-2-6-17/h18H,1-7H2,(H3,12,13,14,15,16). The van der Waals surface area contributed by atoms with E-state index in [4.69, 9.17) is 5.73 Å². The van der Waals surface area contributed by atoms with E-state index in [0.29, 0.717) is 11.9 Å². The van der Waals surface area contributed by atoms with Crippen molar-refractivity contribution in [1.82, 2.24) is 15.0 Å². The van der Waals surface area contributed by atoms with Crippen LogP contribution < -0.4 is 16.0 Å². The zero-order chi connectivity index (χ0) is 12.6. The van der Waals surface area contributed by atoms with Crippen molar-refractivity contribution in [1.29, 1.82) is 0 Å². The highest BCUT2D eigenvalue weighted by Crippen LogP contribution is 2.37. The Hall–Kier alpha value is -1.63. The number of aliphatic hydroxyl groups excluding tert-OH is 1. The van der Waals surface area contributed by atoms with Crippen LogP contribution in [0.2, 0.25) is 0 Å². The normalized spacial score (nSPS) is 21.1. The molecule has 0 unspecified atom stereocenters. The first-order chi connectivity index (χ1) is 8.71. The molecule has 4 N–H and O–H groups in total. The van der Waals surface area contributed by atoms with Crippen molar-refractivity contribution in [2.24, 2.45) is 0 Å². The number of hydrogen-bond acceptors (Lipinski definition) is 7. The molecule has 0 atom stereocenters. The number of aliphatic hydroxyl groups is 1. The summed E-state index contributed by atoms with van der Waals surface area (Å²) in [5.74, 6) is 1.33. The summed E-state index contributed by atoms with van der Waals surface area (Å²) in [6, 6.07) is 0. The Kier molecular flexibility index (Phi) is 2.70. The summed E-state index contributed by atoms with van der Waals surface area (Å²) in [5.41, 5.74) is 5.48. The molecular formula is C11H18N6O. The quantitative estimate of drug-likeness (QED) is 0.691. The zero-order valence-electron chi connectivity index (χ0n) is 10.3. The summed E-state index contributed by atoms with van der Waals surface area (Å²) in [7, 11) is 0. The zero-order valence-corrected chi connectivity index (χ0v) is 10.3. The van der Waals surface area contributed by atoms with Crippen molar-refractivity contribution >= 4 is 17.8 Å². The van der Waals surface area contributed by atoms with Crippen molar-refractivity contribution < 1.29 is 5.11 Å². The first-order valence-electron chi connectivity index (χ1n) is 6.36. The second-order valence-corrected chi connectivity index (χ2v) is 5.07. The van der Waals surface area contributed by atoms with Crippen LogP contribution in [-0.4, -0.2) is 45.3 Å². The van der Waals surface area contributed by atoms with E-state index in [0.717, 1.165) is 38.8 Å². The predicted molar refractivity (Wildman–Crippen MR) is 68.4 cm³/mol. The molecule has 0 spiro atoms. The smallest absolute Gasteiger partial charge is 0.231 e. The lowest BCUT2D eigenvalue weighted by molar-refractivity contribution is 0.265. The summed E-state index contributed by atoms with van der Waals surface area (Å²) in [6.45, 7) is 2.03. The number of aromatic nitrogens is 3. The van der Waals surface area contributed by atoms with Crippen LogP contribution in [0, 0.1) is 0 Å². The van der Waals surface area contributed by atoms with Crippen molar-refractivity contribution in [3.63, 3.8) is 0 Å². The lowest BCUT2D eigenvalue weighted by Gasteiger charge is -2.18. The lowest BCUT2D eigenvalue weighted by atomic mass is 10.3. The van der Waals surface area contributed by atoms with Gasteiger partial charge >= 0.3 is 0 Å².